The summed E-state index contributed by atoms with van der Waals surface area (Å²) in [6, 6.07) is 27.7. The molecular weight excluding hydrogens is 997 g/mol. The molecule has 5 rings (SSSR count). The van der Waals surface area contributed by atoms with Crippen molar-refractivity contribution in [3.63, 3.8) is 0 Å². The van der Waals surface area contributed by atoms with Gasteiger partial charge in [-0.1, -0.05) is 115 Å². The maximum Gasteiger partial charge on any atom is 0.243 e. The van der Waals surface area contributed by atoms with Crippen LogP contribution >= 0.6 is 0 Å². The van der Waals surface area contributed by atoms with Crippen LogP contribution in [-0.2, 0) is 52.8 Å². The van der Waals surface area contributed by atoms with Crippen molar-refractivity contribution in [2.24, 2.45) is 55.1 Å². The SMILES string of the molecule is CC(=O)N[C@@H](Cc1ccccc1)C(=O)N[C@@H](CCCN=C(N)N)C(=O)N[C@@H](CCCN=C(N)N)C(=O)N[C@@H](Cc1ccc2ccccc2c1)C(=O)N[C@@H](Cc1ccc2ccccc2c1)C(=O)N[C@@H](CCCN=C(N)N)C(N)=O. The second-order valence-electron chi connectivity index (χ2n) is 18.8. The van der Waals surface area contributed by atoms with E-state index >= 15 is 0 Å². The van der Waals surface area contributed by atoms with Crippen LogP contribution < -0.4 is 72.0 Å². The average molecular weight is 1070 g/mol. The Labute approximate surface area is 452 Å². The molecule has 23 nitrogen and oxygen atoms in total. The highest BCUT2D eigenvalue weighted by Crippen LogP contribution is 2.20. The van der Waals surface area contributed by atoms with Crippen molar-refractivity contribution in [2.75, 3.05) is 19.6 Å². The maximum atomic E-state index is 15.0. The number of amides is 7. The summed E-state index contributed by atoms with van der Waals surface area (Å²) in [6.45, 7) is 1.58. The van der Waals surface area contributed by atoms with Gasteiger partial charge < -0.3 is 72.0 Å². The number of rotatable bonds is 30. The van der Waals surface area contributed by atoms with E-state index in [-0.39, 0.29) is 95.3 Å². The first-order valence-corrected chi connectivity index (χ1v) is 25.6. The van der Waals surface area contributed by atoms with Gasteiger partial charge in [-0.2, -0.15) is 0 Å². The summed E-state index contributed by atoms with van der Waals surface area (Å²) in [5.74, 6) is -5.60. The lowest BCUT2D eigenvalue weighted by molar-refractivity contribution is -0.135. The van der Waals surface area contributed by atoms with E-state index in [0.29, 0.717) is 11.1 Å². The molecule has 6 atom stereocenters. The molecule has 0 aliphatic heterocycles. The number of benzene rings is 5. The molecule has 7 amide bonds. The first-order valence-electron chi connectivity index (χ1n) is 25.6. The number of hydrogen-bond donors (Lipinski definition) is 13. The third kappa shape index (κ3) is 20.1. The molecule has 414 valence electrons. The van der Waals surface area contributed by atoms with E-state index < -0.39 is 77.6 Å². The predicted octanol–water partition coefficient (Wildman–Crippen LogP) is -0.404. The molecule has 0 saturated carbocycles. The summed E-state index contributed by atoms with van der Waals surface area (Å²) < 4.78 is 0. The third-order valence-electron chi connectivity index (χ3n) is 12.5. The molecule has 5 aromatic carbocycles. The van der Waals surface area contributed by atoms with Crippen molar-refractivity contribution in [3.05, 3.63) is 132 Å². The molecule has 0 saturated heterocycles. The fourth-order valence-electron chi connectivity index (χ4n) is 8.62. The summed E-state index contributed by atoms with van der Waals surface area (Å²) in [6.07, 6.45) is 0.642. The van der Waals surface area contributed by atoms with E-state index in [2.05, 4.69) is 46.9 Å². The Morgan fingerprint density at radius 2 is 0.692 bits per heavy atom. The van der Waals surface area contributed by atoms with Crippen LogP contribution in [0.3, 0.4) is 0 Å². The quantitative estimate of drug-likeness (QED) is 0.0158. The van der Waals surface area contributed by atoms with Gasteiger partial charge in [0.1, 0.15) is 36.3 Å². The summed E-state index contributed by atoms with van der Waals surface area (Å²) in [7, 11) is 0. The van der Waals surface area contributed by atoms with Gasteiger partial charge in [-0.05, 0) is 76.8 Å². The molecule has 0 fully saturated rings. The smallest absolute Gasteiger partial charge is 0.243 e. The molecule has 0 spiro atoms. The van der Waals surface area contributed by atoms with Gasteiger partial charge in [-0.3, -0.25) is 48.5 Å². The van der Waals surface area contributed by atoms with Crippen molar-refractivity contribution in [2.45, 2.75) is 101 Å². The lowest BCUT2D eigenvalue weighted by Gasteiger charge is -2.28. The Kier molecular flexibility index (Phi) is 23.2. The van der Waals surface area contributed by atoms with Gasteiger partial charge in [0.15, 0.2) is 17.9 Å². The Hall–Kier alpha value is -9.28. The summed E-state index contributed by atoms with van der Waals surface area (Å²) in [4.78, 5) is 110. The largest absolute Gasteiger partial charge is 0.370 e. The van der Waals surface area contributed by atoms with Gasteiger partial charge >= 0.3 is 0 Å². The number of carbonyl (C=O) groups excluding carboxylic acids is 7. The van der Waals surface area contributed by atoms with Crippen molar-refractivity contribution >= 4 is 80.8 Å². The van der Waals surface area contributed by atoms with Gasteiger partial charge in [0.05, 0.1) is 0 Å². The van der Waals surface area contributed by atoms with Crippen LogP contribution in [-0.4, -0.2) is 115 Å². The van der Waals surface area contributed by atoms with Crippen molar-refractivity contribution in [1.29, 1.82) is 0 Å². The zero-order chi connectivity index (χ0) is 56.6. The van der Waals surface area contributed by atoms with Gasteiger partial charge in [0.25, 0.3) is 0 Å². The van der Waals surface area contributed by atoms with Crippen LogP contribution in [0.2, 0.25) is 0 Å². The van der Waals surface area contributed by atoms with Gasteiger partial charge in [-0.25, -0.2) is 0 Å². The third-order valence-corrected chi connectivity index (χ3v) is 12.5. The topological polar surface area (TPSA) is 411 Å². The molecule has 0 heterocycles. The molecule has 0 aliphatic rings. The fourth-order valence-corrected chi connectivity index (χ4v) is 8.62. The molecule has 0 aromatic heterocycles. The zero-order valence-electron chi connectivity index (χ0n) is 43.7. The molecule has 0 bridgehead atoms. The van der Waals surface area contributed by atoms with Crippen LogP contribution in [0.1, 0.15) is 62.1 Å². The normalized spacial score (nSPS) is 13.2. The minimum Gasteiger partial charge on any atom is -0.370 e. The summed E-state index contributed by atoms with van der Waals surface area (Å²) in [5.41, 5.74) is 41.1. The number of primary amides is 1. The highest BCUT2D eigenvalue weighted by atomic mass is 16.2. The van der Waals surface area contributed by atoms with Crippen LogP contribution in [0.5, 0.6) is 0 Å². The van der Waals surface area contributed by atoms with Crippen LogP contribution in [0.15, 0.2) is 130 Å². The lowest BCUT2D eigenvalue weighted by Crippen LogP contribution is -2.60. The first kappa shape index (κ1) is 59.6. The maximum absolute atomic E-state index is 15.0. The molecule has 0 unspecified atom stereocenters. The predicted molar refractivity (Wildman–Crippen MR) is 302 cm³/mol. The molecule has 20 N–H and O–H groups in total. The highest BCUT2D eigenvalue weighted by Gasteiger charge is 2.34. The van der Waals surface area contributed by atoms with E-state index in [0.717, 1.165) is 27.1 Å². The second kappa shape index (κ2) is 30.3. The molecule has 5 aromatic rings. The van der Waals surface area contributed by atoms with E-state index in [9.17, 15) is 33.6 Å². The molecule has 78 heavy (non-hydrogen) atoms. The van der Waals surface area contributed by atoms with Crippen LogP contribution in [0.25, 0.3) is 21.5 Å². The molecule has 0 aliphatic carbocycles. The molecular formula is C55H72N16O7. The van der Waals surface area contributed by atoms with E-state index in [1.54, 1.807) is 24.3 Å². The minimum absolute atomic E-state index is 0.00461. The second-order valence-corrected chi connectivity index (χ2v) is 18.8. The van der Waals surface area contributed by atoms with E-state index in [1.165, 1.54) is 6.92 Å². The number of nitrogens with zero attached hydrogens (tertiary/aromatic N) is 3. The Balaban J connectivity index is 1.49. The van der Waals surface area contributed by atoms with Gasteiger partial charge in [-0.15, -0.1) is 0 Å². The highest BCUT2D eigenvalue weighted by molar-refractivity contribution is 5.97. The lowest BCUT2D eigenvalue weighted by atomic mass is 9.98. The summed E-state index contributed by atoms with van der Waals surface area (Å²) >= 11 is 0. The van der Waals surface area contributed by atoms with Crippen molar-refractivity contribution < 1.29 is 33.6 Å². The Bertz CT molecular complexity index is 2960. The Morgan fingerprint density at radius 1 is 0.372 bits per heavy atom. The van der Waals surface area contributed by atoms with E-state index in [4.69, 9.17) is 40.1 Å². The Morgan fingerprint density at radius 3 is 1.08 bits per heavy atom. The van der Waals surface area contributed by atoms with Crippen molar-refractivity contribution in [3.8, 4) is 0 Å². The van der Waals surface area contributed by atoms with Crippen LogP contribution in [0.4, 0.5) is 0 Å². The van der Waals surface area contributed by atoms with Gasteiger partial charge in [0.2, 0.25) is 41.4 Å². The number of guanidine groups is 3. The minimum atomic E-state index is -1.39. The van der Waals surface area contributed by atoms with E-state index in [1.807, 2.05) is 91.0 Å². The number of aliphatic imine (C=N–C) groups is 3. The first-order chi connectivity index (χ1) is 37.3. The standard InChI is InChI=1S/C55H72N16O7/c1-33(72)66-44(30-34-12-3-2-4-13-34)50(76)69-42(19-10-26-64-54(59)60)48(74)68-43(20-11-27-65-55(61)62)49(75)70-46(32-36-22-24-38-15-6-8-17-40(38)29-36)52(78)71-45(31-35-21-23-37-14-5-7-16-39(37)28-35)51(77)67-41(47(56)73)18-9-25-63-53(57)58/h2-8,12-17,21-24,28-29,41-46H,9-11,18-20,25-27,30-32H2,1H3,(H2,56,73)(H,66,72)(H,67,77)(H,68,74)(H,69,76)(H,70,75)(H,71,78)(H4,57,58,63)(H4,59,60,64)(H4,61,62,65)/t41-,42-,43-,44-,45-,46-/m0/s1. The number of nitrogens with two attached hydrogens (primary N) is 7. The monoisotopic (exact) mass is 1070 g/mol. The fraction of sp³-hybridized carbons (Fsp3) is 0.345. The molecule has 23 heteroatoms. The van der Waals surface area contributed by atoms with Crippen molar-refractivity contribution in [1.82, 2.24) is 31.9 Å². The van der Waals surface area contributed by atoms with Crippen LogP contribution in [0, 0.1) is 0 Å². The number of nitrogens with one attached hydrogen (secondary N) is 6. The number of carbonyl (C=O) groups is 7. The molecule has 0 radical (unpaired) electrons. The number of fused-ring (bicyclic) bond motifs is 2. The zero-order valence-corrected chi connectivity index (χ0v) is 43.7. The average Bonchev–Trinajstić information content (AvgIpc) is 3.40. The summed E-state index contributed by atoms with van der Waals surface area (Å²) in [5, 5.41) is 20.2. The van der Waals surface area contributed by atoms with Gasteiger partial charge in [0, 0.05) is 45.8 Å². The number of hydrogen-bond acceptors (Lipinski definition) is 10.